The van der Waals surface area contributed by atoms with Crippen molar-refractivity contribution in [3.8, 4) is 11.4 Å². The van der Waals surface area contributed by atoms with E-state index >= 15 is 0 Å². The number of benzene rings is 2. The Kier molecular flexibility index (Phi) is 5.41. The van der Waals surface area contributed by atoms with Crippen LogP contribution in [0.5, 0.6) is 0 Å². The van der Waals surface area contributed by atoms with Gasteiger partial charge >= 0.3 is 0 Å². The van der Waals surface area contributed by atoms with Gasteiger partial charge in [-0.1, -0.05) is 24.3 Å². The molecule has 0 radical (unpaired) electrons. The van der Waals surface area contributed by atoms with Crippen LogP contribution in [0.3, 0.4) is 0 Å². The molecule has 2 aromatic carbocycles. The molecule has 1 amide bonds. The number of H-pyrrole nitrogens is 1. The van der Waals surface area contributed by atoms with Gasteiger partial charge < -0.3 is 15.1 Å². The molecule has 0 aliphatic carbocycles. The molecule has 0 spiro atoms. The lowest BCUT2D eigenvalue weighted by Gasteiger charge is -2.24. The molecule has 1 aliphatic heterocycles. The molecule has 0 bridgehead atoms. The van der Waals surface area contributed by atoms with Crippen LogP contribution in [0.1, 0.15) is 13.3 Å². The van der Waals surface area contributed by atoms with Crippen molar-refractivity contribution in [2.24, 2.45) is 0 Å². The van der Waals surface area contributed by atoms with Crippen LogP contribution in [0, 0.1) is 0 Å². The van der Waals surface area contributed by atoms with Gasteiger partial charge in [0.05, 0.1) is 11.2 Å². The van der Waals surface area contributed by atoms with E-state index < -0.39 is 0 Å². The van der Waals surface area contributed by atoms with Crippen molar-refractivity contribution in [1.82, 2.24) is 25.1 Å². The molecule has 3 heterocycles. The predicted octanol–water partition coefficient (Wildman–Crippen LogP) is 3.82. The SMILES string of the molecule is CC(=O)N1CCCN(c2cccc(Nc3nccc(-c4n[nH]c5ccccc45)n3)c2)CC1. The van der Waals surface area contributed by atoms with Crippen LogP contribution in [0.4, 0.5) is 17.3 Å². The molecule has 2 aromatic heterocycles. The van der Waals surface area contributed by atoms with E-state index in [4.69, 9.17) is 0 Å². The van der Waals surface area contributed by atoms with E-state index in [-0.39, 0.29) is 5.91 Å². The van der Waals surface area contributed by atoms with Gasteiger partial charge in [0.15, 0.2) is 0 Å². The quantitative estimate of drug-likeness (QED) is 0.515. The Morgan fingerprint density at radius 2 is 1.94 bits per heavy atom. The highest BCUT2D eigenvalue weighted by molar-refractivity contribution is 5.91. The summed E-state index contributed by atoms with van der Waals surface area (Å²) in [4.78, 5) is 25.0. The minimum atomic E-state index is 0.143. The monoisotopic (exact) mass is 427 g/mol. The topological polar surface area (TPSA) is 90.0 Å². The van der Waals surface area contributed by atoms with Crippen molar-refractivity contribution >= 4 is 34.1 Å². The fourth-order valence-electron chi connectivity index (χ4n) is 4.11. The number of nitrogens with one attached hydrogen (secondary N) is 2. The standard InChI is InChI=1S/C24H25N7O/c1-17(32)30-12-5-13-31(15-14-30)19-7-4-6-18(16-19)26-24-25-11-10-22(27-24)23-20-8-2-3-9-21(20)28-29-23/h2-4,6-11,16H,5,12-15H2,1H3,(H,28,29)(H,25,26,27). The number of rotatable bonds is 4. The Hall–Kier alpha value is -3.94. The van der Waals surface area contributed by atoms with E-state index in [2.05, 4.69) is 42.5 Å². The second kappa shape index (κ2) is 8.66. The van der Waals surface area contributed by atoms with Crippen molar-refractivity contribution in [2.75, 3.05) is 36.4 Å². The Balaban J connectivity index is 1.35. The fourth-order valence-corrected chi connectivity index (χ4v) is 4.11. The molecular weight excluding hydrogens is 402 g/mol. The summed E-state index contributed by atoms with van der Waals surface area (Å²) >= 11 is 0. The second-order valence-corrected chi connectivity index (χ2v) is 7.91. The van der Waals surface area contributed by atoms with E-state index in [9.17, 15) is 4.79 Å². The first-order valence-corrected chi connectivity index (χ1v) is 10.8. The minimum Gasteiger partial charge on any atom is -0.370 e. The van der Waals surface area contributed by atoms with Gasteiger partial charge in [0, 0.05) is 56.1 Å². The first-order valence-electron chi connectivity index (χ1n) is 10.8. The first-order chi connectivity index (χ1) is 15.7. The van der Waals surface area contributed by atoms with Crippen molar-refractivity contribution in [3.63, 3.8) is 0 Å². The molecule has 1 saturated heterocycles. The third-order valence-corrected chi connectivity index (χ3v) is 5.78. The zero-order valence-electron chi connectivity index (χ0n) is 18.0. The number of hydrogen-bond acceptors (Lipinski definition) is 6. The summed E-state index contributed by atoms with van der Waals surface area (Å²) in [6.07, 6.45) is 2.70. The van der Waals surface area contributed by atoms with Crippen LogP contribution in [-0.2, 0) is 4.79 Å². The molecule has 4 aromatic rings. The molecule has 0 unspecified atom stereocenters. The highest BCUT2D eigenvalue weighted by Gasteiger charge is 2.17. The molecule has 8 nitrogen and oxygen atoms in total. The molecule has 2 N–H and O–H groups in total. The Morgan fingerprint density at radius 1 is 1.03 bits per heavy atom. The van der Waals surface area contributed by atoms with Gasteiger partial charge in [0.1, 0.15) is 5.69 Å². The van der Waals surface area contributed by atoms with Gasteiger partial charge in [-0.3, -0.25) is 9.89 Å². The molecule has 5 rings (SSSR count). The molecule has 8 heteroatoms. The lowest BCUT2D eigenvalue weighted by molar-refractivity contribution is -0.128. The van der Waals surface area contributed by atoms with Crippen molar-refractivity contribution in [3.05, 3.63) is 60.8 Å². The molecular formula is C24H25N7O. The summed E-state index contributed by atoms with van der Waals surface area (Å²) in [6.45, 7) is 4.94. The summed E-state index contributed by atoms with van der Waals surface area (Å²) in [6, 6.07) is 18.1. The average Bonchev–Trinajstić information content (AvgIpc) is 3.08. The van der Waals surface area contributed by atoms with Gasteiger partial charge in [-0.05, 0) is 36.8 Å². The molecule has 162 valence electrons. The number of fused-ring (bicyclic) bond motifs is 1. The van der Waals surface area contributed by atoms with E-state index in [1.165, 1.54) is 0 Å². The lowest BCUT2D eigenvalue weighted by atomic mass is 10.1. The number of hydrogen-bond donors (Lipinski definition) is 2. The van der Waals surface area contributed by atoms with E-state index in [0.29, 0.717) is 5.95 Å². The summed E-state index contributed by atoms with van der Waals surface area (Å²) in [5.41, 5.74) is 4.57. The Bertz CT molecular complexity index is 1250. The van der Waals surface area contributed by atoms with Crippen LogP contribution >= 0.6 is 0 Å². The first kappa shape index (κ1) is 20.0. The Morgan fingerprint density at radius 3 is 2.84 bits per heavy atom. The van der Waals surface area contributed by atoms with Gasteiger partial charge in [-0.2, -0.15) is 5.10 Å². The third-order valence-electron chi connectivity index (χ3n) is 5.78. The van der Waals surface area contributed by atoms with Gasteiger partial charge in [-0.25, -0.2) is 9.97 Å². The highest BCUT2D eigenvalue weighted by atomic mass is 16.2. The van der Waals surface area contributed by atoms with E-state index in [1.807, 2.05) is 47.4 Å². The predicted molar refractivity (Wildman–Crippen MR) is 126 cm³/mol. The Labute approximate surface area is 186 Å². The van der Waals surface area contributed by atoms with Crippen LogP contribution in [0.25, 0.3) is 22.3 Å². The minimum absolute atomic E-state index is 0.143. The molecule has 0 saturated carbocycles. The number of carbonyl (C=O) groups is 1. The molecule has 1 fully saturated rings. The summed E-state index contributed by atoms with van der Waals surface area (Å²) in [5.74, 6) is 0.661. The summed E-state index contributed by atoms with van der Waals surface area (Å²) in [7, 11) is 0. The number of para-hydroxylation sites is 1. The summed E-state index contributed by atoms with van der Waals surface area (Å²) in [5, 5.41) is 11.8. The lowest BCUT2D eigenvalue weighted by Crippen LogP contribution is -2.33. The molecule has 32 heavy (non-hydrogen) atoms. The van der Waals surface area contributed by atoms with Crippen LogP contribution in [0.2, 0.25) is 0 Å². The van der Waals surface area contributed by atoms with Gasteiger partial charge in [-0.15, -0.1) is 0 Å². The van der Waals surface area contributed by atoms with Gasteiger partial charge in [0.25, 0.3) is 0 Å². The van der Waals surface area contributed by atoms with Crippen molar-refractivity contribution < 1.29 is 4.79 Å². The molecule has 1 aliphatic rings. The largest absolute Gasteiger partial charge is 0.370 e. The van der Waals surface area contributed by atoms with Crippen LogP contribution in [-0.4, -0.2) is 57.2 Å². The maximum Gasteiger partial charge on any atom is 0.227 e. The normalized spacial score (nSPS) is 14.4. The smallest absolute Gasteiger partial charge is 0.227 e. The number of nitrogens with zero attached hydrogens (tertiary/aromatic N) is 5. The number of anilines is 3. The zero-order chi connectivity index (χ0) is 21.9. The number of carbonyl (C=O) groups excluding carboxylic acids is 1. The third kappa shape index (κ3) is 4.12. The molecule has 0 atom stereocenters. The van der Waals surface area contributed by atoms with Gasteiger partial charge in [0.2, 0.25) is 11.9 Å². The van der Waals surface area contributed by atoms with Crippen molar-refractivity contribution in [2.45, 2.75) is 13.3 Å². The zero-order valence-corrected chi connectivity index (χ0v) is 18.0. The number of aromatic nitrogens is 4. The van der Waals surface area contributed by atoms with E-state index in [1.54, 1.807) is 13.1 Å². The number of amides is 1. The summed E-state index contributed by atoms with van der Waals surface area (Å²) < 4.78 is 0. The average molecular weight is 428 g/mol. The second-order valence-electron chi connectivity index (χ2n) is 7.91. The van der Waals surface area contributed by atoms with Crippen LogP contribution < -0.4 is 10.2 Å². The maximum absolute atomic E-state index is 11.7. The maximum atomic E-state index is 11.7. The van der Waals surface area contributed by atoms with Crippen LogP contribution in [0.15, 0.2) is 60.8 Å². The number of aromatic amines is 1. The fraction of sp³-hybridized carbons (Fsp3) is 0.250. The van der Waals surface area contributed by atoms with E-state index in [0.717, 1.165) is 66.3 Å². The van der Waals surface area contributed by atoms with Crippen molar-refractivity contribution in [1.29, 1.82) is 0 Å². The highest BCUT2D eigenvalue weighted by Crippen LogP contribution is 2.26.